The Morgan fingerprint density at radius 2 is 1.72 bits per heavy atom. The van der Waals surface area contributed by atoms with Crippen LogP contribution in [0.2, 0.25) is 0 Å². The molecule has 0 spiro atoms. The van der Waals surface area contributed by atoms with Crippen molar-refractivity contribution in [3.05, 3.63) is 18.3 Å². The maximum atomic E-state index is 11.2. The standard InChI is InChI=1S/C19H30N4O2/c24-19(25)22-18-17(9-6-12-21-18)23(16-10-13-20-14-11-16)15-7-4-2-1-3-5-8-15/h6,9,12,15-16,20H,1-5,7-8,10-11,13-14H2,(H,21,22)(H,24,25). The Bertz CT molecular complexity index is 552. The van der Waals surface area contributed by atoms with Crippen LogP contribution in [0.4, 0.5) is 16.3 Å². The number of rotatable bonds is 4. The Balaban J connectivity index is 1.91. The number of piperidine rings is 1. The third-order valence-corrected chi connectivity index (χ3v) is 5.46. The van der Waals surface area contributed by atoms with Crippen LogP contribution >= 0.6 is 0 Å². The summed E-state index contributed by atoms with van der Waals surface area (Å²) in [5.41, 5.74) is 0.947. The van der Waals surface area contributed by atoms with E-state index in [4.69, 9.17) is 0 Å². The average molecular weight is 346 g/mol. The average Bonchev–Trinajstić information content (AvgIpc) is 2.59. The fourth-order valence-corrected chi connectivity index (χ4v) is 4.29. The number of nitrogens with zero attached hydrogens (tertiary/aromatic N) is 2. The van der Waals surface area contributed by atoms with Gasteiger partial charge < -0.3 is 15.3 Å². The molecule has 0 aromatic carbocycles. The molecule has 6 nitrogen and oxygen atoms in total. The van der Waals surface area contributed by atoms with Gasteiger partial charge >= 0.3 is 6.09 Å². The van der Waals surface area contributed by atoms with Crippen LogP contribution in [-0.2, 0) is 0 Å². The van der Waals surface area contributed by atoms with E-state index in [1.165, 1.54) is 44.9 Å². The molecule has 0 atom stereocenters. The minimum atomic E-state index is -1.05. The minimum Gasteiger partial charge on any atom is -0.465 e. The molecular weight excluding hydrogens is 316 g/mol. The molecule has 1 saturated carbocycles. The van der Waals surface area contributed by atoms with Crippen LogP contribution in [0.1, 0.15) is 57.8 Å². The van der Waals surface area contributed by atoms with Crippen LogP contribution in [0.3, 0.4) is 0 Å². The van der Waals surface area contributed by atoms with Gasteiger partial charge in [0.1, 0.15) is 0 Å². The van der Waals surface area contributed by atoms with E-state index in [9.17, 15) is 9.90 Å². The molecule has 25 heavy (non-hydrogen) atoms. The molecule has 138 valence electrons. The quantitative estimate of drug-likeness (QED) is 0.772. The summed E-state index contributed by atoms with van der Waals surface area (Å²) in [6, 6.07) is 4.87. The third-order valence-electron chi connectivity index (χ3n) is 5.46. The minimum absolute atomic E-state index is 0.448. The van der Waals surface area contributed by atoms with E-state index in [2.05, 4.69) is 20.5 Å². The summed E-state index contributed by atoms with van der Waals surface area (Å²) in [6.45, 7) is 2.05. The SMILES string of the molecule is O=C(O)Nc1ncccc1N(C1CCCCCCC1)C1CCNCC1. The number of carboxylic acid groups (broad SMARTS) is 1. The zero-order valence-electron chi connectivity index (χ0n) is 14.9. The highest BCUT2D eigenvalue weighted by Gasteiger charge is 2.30. The molecule has 6 heteroatoms. The summed E-state index contributed by atoms with van der Waals surface area (Å²) in [5, 5.41) is 15.1. The lowest BCUT2D eigenvalue weighted by molar-refractivity contribution is 0.209. The van der Waals surface area contributed by atoms with Crippen molar-refractivity contribution in [2.75, 3.05) is 23.3 Å². The zero-order chi connectivity index (χ0) is 17.5. The van der Waals surface area contributed by atoms with Gasteiger partial charge in [0.2, 0.25) is 0 Å². The lowest BCUT2D eigenvalue weighted by Gasteiger charge is -2.43. The zero-order valence-corrected chi connectivity index (χ0v) is 14.9. The van der Waals surface area contributed by atoms with Crippen LogP contribution in [0.15, 0.2) is 18.3 Å². The van der Waals surface area contributed by atoms with Crippen LogP contribution in [-0.4, -0.2) is 41.4 Å². The normalized spacial score (nSPS) is 20.5. The molecule has 1 amide bonds. The monoisotopic (exact) mass is 346 g/mol. The molecule has 0 radical (unpaired) electrons. The van der Waals surface area contributed by atoms with E-state index in [0.717, 1.165) is 31.6 Å². The van der Waals surface area contributed by atoms with Crippen molar-refractivity contribution in [3.8, 4) is 0 Å². The molecule has 2 aliphatic rings. The fraction of sp³-hybridized carbons (Fsp3) is 0.684. The Morgan fingerprint density at radius 1 is 1.08 bits per heavy atom. The lowest BCUT2D eigenvalue weighted by Crippen LogP contribution is -2.49. The van der Waals surface area contributed by atoms with Gasteiger partial charge in [-0.05, 0) is 50.9 Å². The van der Waals surface area contributed by atoms with Gasteiger partial charge in [0, 0.05) is 18.3 Å². The van der Waals surface area contributed by atoms with E-state index in [1.54, 1.807) is 6.20 Å². The first-order valence-electron chi connectivity index (χ1n) is 9.69. The summed E-state index contributed by atoms with van der Waals surface area (Å²) in [4.78, 5) is 18.0. The molecule has 0 unspecified atom stereocenters. The first-order chi connectivity index (χ1) is 12.3. The maximum Gasteiger partial charge on any atom is 0.410 e. The number of pyridine rings is 1. The van der Waals surface area contributed by atoms with E-state index >= 15 is 0 Å². The van der Waals surface area contributed by atoms with Crippen molar-refractivity contribution >= 4 is 17.6 Å². The number of carbonyl (C=O) groups is 1. The van der Waals surface area contributed by atoms with Gasteiger partial charge in [-0.25, -0.2) is 9.78 Å². The van der Waals surface area contributed by atoms with Crippen molar-refractivity contribution in [3.63, 3.8) is 0 Å². The number of hydrogen-bond acceptors (Lipinski definition) is 4. The second-order valence-electron chi connectivity index (χ2n) is 7.19. The smallest absolute Gasteiger partial charge is 0.410 e. The van der Waals surface area contributed by atoms with Gasteiger partial charge in [-0.2, -0.15) is 0 Å². The maximum absolute atomic E-state index is 11.2. The van der Waals surface area contributed by atoms with Crippen LogP contribution in [0.5, 0.6) is 0 Å². The first kappa shape index (κ1) is 18.0. The van der Waals surface area contributed by atoms with E-state index in [0.29, 0.717) is 17.9 Å². The van der Waals surface area contributed by atoms with Crippen molar-refractivity contribution in [2.45, 2.75) is 69.9 Å². The summed E-state index contributed by atoms with van der Waals surface area (Å²) in [6.07, 6.45) is 11.7. The number of nitrogens with one attached hydrogen (secondary N) is 2. The molecule has 3 rings (SSSR count). The summed E-state index contributed by atoms with van der Waals surface area (Å²) in [5.74, 6) is 0.468. The predicted octanol–water partition coefficient (Wildman–Crippen LogP) is 3.84. The molecule has 1 aromatic rings. The van der Waals surface area contributed by atoms with Gasteiger partial charge in [-0.15, -0.1) is 0 Å². The lowest BCUT2D eigenvalue weighted by atomic mass is 9.92. The van der Waals surface area contributed by atoms with Crippen LogP contribution in [0, 0.1) is 0 Å². The van der Waals surface area contributed by atoms with Gasteiger partial charge in [0.05, 0.1) is 5.69 Å². The fourth-order valence-electron chi connectivity index (χ4n) is 4.29. The van der Waals surface area contributed by atoms with Gasteiger partial charge in [-0.1, -0.05) is 32.1 Å². The molecule has 3 N–H and O–H groups in total. The topological polar surface area (TPSA) is 77.5 Å². The number of anilines is 2. The highest BCUT2D eigenvalue weighted by atomic mass is 16.4. The molecular formula is C19H30N4O2. The van der Waals surface area contributed by atoms with Crippen molar-refractivity contribution < 1.29 is 9.90 Å². The Labute approximate surface area is 150 Å². The summed E-state index contributed by atoms with van der Waals surface area (Å²) < 4.78 is 0. The molecule has 1 aliphatic heterocycles. The second kappa shape index (κ2) is 9.04. The molecule has 2 heterocycles. The molecule has 1 aromatic heterocycles. The summed E-state index contributed by atoms with van der Waals surface area (Å²) in [7, 11) is 0. The van der Waals surface area contributed by atoms with Crippen molar-refractivity contribution in [1.29, 1.82) is 0 Å². The van der Waals surface area contributed by atoms with Crippen molar-refractivity contribution in [2.24, 2.45) is 0 Å². The largest absolute Gasteiger partial charge is 0.465 e. The highest BCUT2D eigenvalue weighted by Crippen LogP contribution is 2.34. The molecule has 0 bridgehead atoms. The Kier molecular flexibility index (Phi) is 6.50. The molecule has 1 saturated heterocycles. The number of aromatic nitrogens is 1. The Morgan fingerprint density at radius 3 is 2.40 bits per heavy atom. The van der Waals surface area contributed by atoms with Crippen LogP contribution in [0.25, 0.3) is 0 Å². The number of amides is 1. The molecule has 1 aliphatic carbocycles. The van der Waals surface area contributed by atoms with Gasteiger partial charge in [0.25, 0.3) is 0 Å². The van der Waals surface area contributed by atoms with Gasteiger partial charge in [0.15, 0.2) is 5.82 Å². The third kappa shape index (κ3) is 4.84. The van der Waals surface area contributed by atoms with Crippen molar-refractivity contribution in [1.82, 2.24) is 10.3 Å². The first-order valence-corrected chi connectivity index (χ1v) is 9.69. The second-order valence-corrected chi connectivity index (χ2v) is 7.19. The summed E-state index contributed by atoms with van der Waals surface area (Å²) >= 11 is 0. The highest BCUT2D eigenvalue weighted by molar-refractivity contribution is 5.86. The Hall–Kier alpha value is -1.82. The van der Waals surface area contributed by atoms with Crippen LogP contribution < -0.4 is 15.5 Å². The van der Waals surface area contributed by atoms with Gasteiger partial charge in [-0.3, -0.25) is 5.32 Å². The number of hydrogen-bond donors (Lipinski definition) is 3. The van der Waals surface area contributed by atoms with E-state index < -0.39 is 6.09 Å². The van der Waals surface area contributed by atoms with E-state index in [1.807, 2.05) is 12.1 Å². The van der Waals surface area contributed by atoms with E-state index in [-0.39, 0.29) is 0 Å². The molecule has 2 fully saturated rings. The predicted molar refractivity (Wildman–Crippen MR) is 100 cm³/mol.